The predicted molar refractivity (Wildman–Crippen MR) is 155 cm³/mol. The number of benzene rings is 3. The van der Waals surface area contributed by atoms with Crippen LogP contribution in [0.25, 0.3) is 39.2 Å². The molecule has 0 aliphatic heterocycles. The topological polar surface area (TPSA) is 106 Å². The number of furan rings is 1. The van der Waals surface area contributed by atoms with Gasteiger partial charge in [0, 0.05) is 11.1 Å². The van der Waals surface area contributed by atoms with Gasteiger partial charge in [0.25, 0.3) is 0 Å². The first-order chi connectivity index (χ1) is 20.1. The molecule has 0 unspecified atom stereocenters. The van der Waals surface area contributed by atoms with Crippen LogP contribution in [0.1, 0.15) is 18.3 Å². The lowest BCUT2D eigenvalue weighted by molar-refractivity contribution is 0.125. The monoisotopic (exact) mass is 549 g/mol. The smallest absolute Gasteiger partial charge is 0.232 e. The number of ether oxygens (including phenoxy) is 3. The fourth-order valence-corrected chi connectivity index (χ4v) is 4.55. The number of hydrogen-bond donors (Lipinski definition) is 0. The van der Waals surface area contributed by atoms with E-state index in [0.717, 1.165) is 50.6 Å². The summed E-state index contributed by atoms with van der Waals surface area (Å²) in [5.74, 6) is 3.40. The van der Waals surface area contributed by atoms with Crippen molar-refractivity contribution in [2.24, 2.45) is 5.16 Å². The third kappa shape index (κ3) is 5.03. The summed E-state index contributed by atoms with van der Waals surface area (Å²) in [6.45, 7) is 1.96. The van der Waals surface area contributed by atoms with Crippen LogP contribution in [0.3, 0.4) is 0 Å². The molecule has 0 N–H and O–H groups in total. The van der Waals surface area contributed by atoms with E-state index in [1.54, 1.807) is 32.2 Å². The summed E-state index contributed by atoms with van der Waals surface area (Å²) >= 11 is 0. The Hall–Kier alpha value is -5.38. The highest BCUT2D eigenvalue weighted by atomic mass is 16.6. The number of methoxy groups -OCH3 is 3. The molecule has 0 saturated heterocycles. The van der Waals surface area contributed by atoms with E-state index in [2.05, 4.69) is 15.2 Å². The highest BCUT2D eigenvalue weighted by Crippen LogP contribution is 2.42. The molecule has 0 amide bonds. The number of nitrogens with zero attached hydrogens (tertiary/aromatic N) is 5. The summed E-state index contributed by atoms with van der Waals surface area (Å²) in [7, 11) is 4.91. The SMILES string of the molecule is COc1ccc(/C(C)=N/OCc2nc3c4c(-c5ccc(OC)cc5)c(-c5ccc(OC)cc5)oc4ncn3n2)cc1. The Balaban J connectivity index is 1.39. The van der Waals surface area contributed by atoms with Crippen molar-refractivity contribution in [1.82, 2.24) is 19.6 Å². The van der Waals surface area contributed by atoms with Gasteiger partial charge in [0.15, 0.2) is 18.1 Å². The molecule has 10 heteroatoms. The second-order valence-corrected chi connectivity index (χ2v) is 9.16. The lowest BCUT2D eigenvalue weighted by atomic mass is 9.99. The molecule has 3 heterocycles. The van der Waals surface area contributed by atoms with Crippen LogP contribution in [0, 0.1) is 0 Å². The van der Waals surface area contributed by atoms with Crippen molar-refractivity contribution >= 4 is 22.5 Å². The lowest BCUT2D eigenvalue weighted by Crippen LogP contribution is -1.98. The van der Waals surface area contributed by atoms with Crippen LogP contribution in [0.5, 0.6) is 17.2 Å². The van der Waals surface area contributed by atoms with E-state index < -0.39 is 0 Å². The van der Waals surface area contributed by atoms with Gasteiger partial charge in [-0.15, -0.1) is 5.10 Å². The molecular weight excluding hydrogens is 522 g/mol. The molecule has 6 aromatic rings. The average molecular weight is 550 g/mol. The number of rotatable bonds is 9. The molecule has 0 bridgehead atoms. The fourth-order valence-electron chi connectivity index (χ4n) is 4.55. The number of aromatic nitrogens is 4. The van der Waals surface area contributed by atoms with E-state index >= 15 is 0 Å². The summed E-state index contributed by atoms with van der Waals surface area (Å²) < 4.78 is 23.9. The molecule has 41 heavy (non-hydrogen) atoms. The minimum Gasteiger partial charge on any atom is -0.497 e. The molecular formula is C31H27N5O5. The maximum absolute atomic E-state index is 6.34. The highest BCUT2D eigenvalue weighted by molar-refractivity contribution is 6.07. The Morgan fingerprint density at radius 2 is 1.39 bits per heavy atom. The third-order valence-electron chi connectivity index (χ3n) is 6.71. The molecule has 10 nitrogen and oxygen atoms in total. The molecule has 0 aliphatic carbocycles. The van der Waals surface area contributed by atoms with Gasteiger partial charge >= 0.3 is 0 Å². The Labute approximate surface area is 235 Å². The van der Waals surface area contributed by atoms with Crippen LogP contribution in [0.4, 0.5) is 0 Å². The molecule has 0 atom stereocenters. The Morgan fingerprint density at radius 1 is 0.805 bits per heavy atom. The van der Waals surface area contributed by atoms with E-state index in [1.807, 2.05) is 79.7 Å². The molecule has 0 radical (unpaired) electrons. The van der Waals surface area contributed by atoms with Crippen molar-refractivity contribution in [2.45, 2.75) is 13.5 Å². The van der Waals surface area contributed by atoms with Gasteiger partial charge in [-0.3, -0.25) is 0 Å². The van der Waals surface area contributed by atoms with E-state index in [-0.39, 0.29) is 6.61 Å². The van der Waals surface area contributed by atoms with Gasteiger partial charge in [0.1, 0.15) is 29.3 Å². The largest absolute Gasteiger partial charge is 0.497 e. The Bertz CT molecular complexity index is 1840. The molecule has 0 saturated carbocycles. The first kappa shape index (κ1) is 25.9. The first-order valence-corrected chi connectivity index (χ1v) is 12.8. The van der Waals surface area contributed by atoms with E-state index in [4.69, 9.17) is 28.4 Å². The standard InChI is InChI=1S/C31H27N5O5/c1-19(20-5-11-23(37-2)12-6-20)35-40-17-26-33-30-28-27(21-7-13-24(38-3)14-8-21)29(22-9-15-25(39-4)16-10-22)41-31(28)32-18-36(30)34-26/h5-16,18H,17H2,1-4H3/b35-19+. The molecule has 3 aromatic carbocycles. The molecule has 6 rings (SSSR count). The van der Waals surface area contributed by atoms with Gasteiger partial charge in [0.2, 0.25) is 5.71 Å². The number of fused-ring (bicyclic) bond motifs is 3. The quantitative estimate of drug-likeness (QED) is 0.156. The van der Waals surface area contributed by atoms with Gasteiger partial charge < -0.3 is 23.5 Å². The summed E-state index contributed by atoms with van der Waals surface area (Å²) in [4.78, 5) is 15.0. The molecule has 0 aliphatic rings. The fraction of sp³-hybridized carbons (Fsp3) is 0.161. The Morgan fingerprint density at radius 3 is 2.00 bits per heavy atom. The first-order valence-electron chi connectivity index (χ1n) is 12.8. The van der Waals surface area contributed by atoms with Crippen LogP contribution in [-0.4, -0.2) is 46.6 Å². The van der Waals surface area contributed by atoms with Crippen molar-refractivity contribution < 1.29 is 23.5 Å². The summed E-state index contributed by atoms with van der Waals surface area (Å²) in [6, 6.07) is 23.1. The van der Waals surface area contributed by atoms with Crippen LogP contribution in [0.2, 0.25) is 0 Å². The van der Waals surface area contributed by atoms with Crippen LogP contribution in [-0.2, 0) is 11.4 Å². The molecule has 206 valence electrons. The summed E-state index contributed by atoms with van der Waals surface area (Å²) in [6.07, 6.45) is 1.58. The predicted octanol–water partition coefficient (Wildman–Crippen LogP) is 6.17. The zero-order chi connectivity index (χ0) is 28.3. The second kappa shape index (κ2) is 11.0. The van der Waals surface area contributed by atoms with Gasteiger partial charge in [-0.2, -0.15) is 0 Å². The molecule has 0 fully saturated rings. The van der Waals surface area contributed by atoms with Gasteiger partial charge in [-0.1, -0.05) is 17.3 Å². The second-order valence-electron chi connectivity index (χ2n) is 9.16. The Kier molecular flexibility index (Phi) is 6.95. The maximum Gasteiger partial charge on any atom is 0.232 e. The lowest BCUT2D eigenvalue weighted by Gasteiger charge is -2.06. The zero-order valence-electron chi connectivity index (χ0n) is 23.0. The van der Waals surface area contributed by atoms with E-state index in [1.165, 1.54) is 0 Å². The maximum atomic E-state index is 6.34. The summed E-state index contributed by atoms with van der Waals surface area (Å²) in [5, 5.41) is 9.56. The van der Waals surface area contributed by atoms with Crippen LogP contribution >= 0.6 is 0 Å². The normalized spacial score (nSPS) is 11.7. The highest BCUT2D eigenvalue weighted by Gasteiger charge is 2.23. The average Bonchev–Trinajstić information content (AvgIpc) is 3.62. The van der Waals surface area contributed by atoms with Crippen molar-refractivity contribution in [3.63, 3.8) is 0 Å². The molecule has 3 aromatic heterocycles. The van der Waals surface area contributed by atoms with Crippen molar-refractivity contribution in [1.29, 1.82) is 0 Å². The zero-order valence-corrected chi connectivity index (χ0v) is 23.0. The van der Waals surface area contributed by atoms with Gasteiger partial charge in [0.05, 0.1) is 32.4 Å². The molecule has 0 spiro atoms. The van der Waals surface area contributed by atoms with Crippen molar-refractivity contribution in [3.05, 3.63) is 90.5 Å². The summed E-state index contributed by atoms with van der Waals surface area (Å²) in [5.41, 5.74) is 5.33. The number of hydrogen-bond acceptors (Lipinski definition) is 9. The van der Waals surface area contributed by atoms with Crippen molar-refractivity contribution in [2.75, 3.05) is 21.3 Å². The van der Waals surface area contributed by atoms with Gasteiger partial charge in [-0.25, -0.2) is 14.5 Å². The van der Waals surface area contributed by atoms with Gasteiger partial charge in [-0.05, 0) is 78.7 Å². The van der Waals surface area contributed by atoms with Crippen LogP contribution < -0.4 is 14.2 Å². The van der Waals surface area contributed by atoms with Crippen molar-refractivity contribution in [3.8, 4) is 39.7 Å². The van der Waals surface area contributed by atoms with Crippen LogP contribution in [0.15, 0.2) is 88.7 Å². The van der Waals surface area contributed by atoms with E-state index in [0.29, 0.717) is 22.9 Å². The minimum absolute atomic E-state index is 0.0811. The third-order valence-corrected chi connectivity index (χ3v) is 6.71. The van der Waals surface area contributed by atoms with E-state index in [9.17, 15) is 0 Å². The number of oxime groups is 1. The minimum atomic E-state index is 0.0811.